The first-order valence-electron chi connectivity index (χ1n) is 8.09. The van der Waals surface area contributed by atoms with Crippen LogP contribution in [0.3, 0.4) is 0 Å². The smallest absolute Gasteiger partial charge is 0.00673 e. The molecule has 1 N–H and O–H groups in total. The molecule has 0 radical (unpaired) electrons. The van der Waals surface area contributed by atoms with Crippen molar-refractivity contribution in [2.24, 2.45) is 5.92 Å². The van der Waals surface area contributed by atoms with Crippen LogP contribution in [0.1, 0.15) is 56.9 Å². The zero-order valence-corrected chi connectivity index (χ0v) is 12.4. The largest absolute Gasteiger partial charge is 0.317 e. The third-order valence-corrected chi connectivity index (χ3v) is 4.68. The van der Waals surface area contributed by atoms with Crippen molar-refractivity contribution in [2.75, 3.05) is 7.05 Å². The number of hydrogen-bond acceptors (Lipinski definition) is 1. The van der Waals surface area contributed by atoms with Gasteiger partial charge in [0.05, 0.1) is 0 Å². The molecule has 1 aromatic carbocycles. The second-order valence-corrected chi connectivity index (χ2v) is 6.09. The highest BCUT2D eigenvalue weighted by Gasteiger charge is 2.15. The van der Waals surface area contributed by atoms with E-state index in [0.29, 0.717) is 6.04 Å². The molecule has 0 amide bonds. The van der Waals surface area contributed by atoms with Crippen molar-refractivity contribution in [3.8, 4) is 0 Å². The summed E-state index contributed by atoms with van der Waals surface area (Å²) in [6.45, 7) is 0. The fourth-order valence-corrected chi connectivity index (χ4v) is 3.33. The van der Waals surface area contributed by atoms with Crippen LogP contribution in [0.4, 0.5) is 0 Å². The third kappa shape index (κ3) is 5.36. The van der Waals surface area contributed by atoms with Gasteiger partial charge < -0.3 is 5.32 Å². The fraction of sp³-hybridized carbons (Fsp3) is 0.667. The van der Waals surface area contributed by atoms with Crippen LogP contribution in [0.5, 0.6) is 0 Å². The summed E-state index contributed by atoms with van der Waals surface area (Å²) in [5.41, 5.74) is 1.47. The van der Waals surface area contributed by atoms with Crippen LogP contribution in [0.15, 0.2) is 30.3 Å². The second-order valence-electron chi connectivity index (χ2n) is 6.09. The maximum absolute atomic E-state index is 3.51. The molecule has 2 rings (SSSR count). The molecular formula is C18H29N. The van der Waals surface area contributed by atoms with Crippen LogP contribution in [0.2, 0.25) is 0 Å². The van der Waals surface area contributed by atoms with Crippen LogP contribution in [-0.2, 0) is 6.42 Å². The average Bonchev–Trinajstić information content (AvgIpc) is 2.49. The molecular weight excluding hydrogens is 230 g/mol. The van der Waals surface area contributed by atoms with Gasteiger partial charge in [0.15, 0.2) is 0 Å². The predicted octanol–water partition coefficient (Wildman–Crippen LogP) is 4.57. The summed E-state index contributed by atoms with van der Waals surface area (Å²) < 4.78 is 0. The minimum Gasteiger partial charge on any atom is -0.317 e. The van der Waals surface area contributed by atoms with Crippen LogP contribution in [0.25, 0.3) is 0 Å². The van der Waals surface area contributed by atoms with E-state index in [1.165, 1.54) is 63.4 Å². The van der Waals surface area contributed by atoms with Crippen molar-refractivity contribution in [3.63, 3.8) is 0 Å². The van der Waals surface area contributed by atoms with Crippen molar-refractivity contribution in [3.05, 3.63) is 35.9 Å². The van der Waals surface area contributed by atoms with Gasteiger partial charge in [-0.1, -0.05) is 62.4 Å². The molecule has 1 fully saturated rings. The van der Waals surface area contributed by atoms with Gasteiger partial charge in [-0.25, -0.2) is 0 Å². The topological polar surface area (TPSA) is 12.0 Å². The Hall–Kier alpha value is -0.820. The first-order valence-corrected chi connectivity index (χ1v) is 8.09. The van der Waals surface area contributed by atoms with E-state index < -0.39 is 0 Å². The highest BCUT2D eigenvalue weighted by atomic mass is 14.9. The highest BCUT2D eigenvalue weighted by Crippen LogP contribution is 2.28. The number of nitrogens with one attached hydrogen (secondary N) is 1. The summed E-state index contributed by atoms with van der Waals surface area (Å²) in [4.78, 5) is 0. The molecule has 1 aromatic rings. The fourth-order valence-electron chi connectivity index (χ4n) is 3.33. The van der Waals surface area contributed by atoms with Crippen molar-refractivity contribution < 1.29 is 0 Å². The van der Waals surface area contributed by atoms with Crippen LogP contribution in [-0.4, -0.2) is 13.1 Å². The van der Waals surface area contributed by atoms with Gasteiger partial charge in [-0.2, -0.15) is 0 Å². The Balaban J connectivity index is 1.67. The molecule has 19 heavy (non-hydrogen) atoms. The standard InChI is InChI=1S/C18H29N/c1-19-18(14-12-16-8-4-2-5-9-16)15-13-17-10-6-3-7-11-17/h2,4-5,8-9,17-19H,3,6-7,10-15H2,1H3. The Kier molecular flexibility index (Phi) is 6.43. The van der Waals surface area contributed by atoms with Crippen molar-refractivity contribution in [1.29, 1.82) is 0 Å². The van der Waals surface area contributed by atoms with E-state index in [9.17, 15) is 0 Å². The lowest BCUT2D eigenvalue weighted by molar-refractivity contribution is 0.312. The Labute approximate surface area is 118 Å². The molecule has 0 heterocycles. The van der Waals surface area contributed by atoms with Crippen molar-refractivity contribution in [1.82, 2.24) is 5.32 Å². The minimum atomic E-state index is 0.696. The Morgan fingerprint density at radius 3 is 2.47 bits per heavy atom. The number of aryl methyl sites for hydroxylation is 1. The van der Waals surface area contributed by atoms with Crippen LogP contribution in [0, 0.1) is 5.92 Å². The van der Waals surface area contributed by atoms with Gasteiger partial charge in [-0.05, 0) is 44.2 Å². The molecule has 0 spiro atoms. The maximum Gasteiger partial charge on any atom is 0.00673 e. The molecule has 1 nitrogen and oxygen atoms in total. The number of hydrogen-bond donors (Lipinski definition) is 1. The normalized spacial score (nSPS) is 18.4. The van der Waals surface area contributed by atoms with Gasteiger partial charge in [-0.15, -0.1) is 0 Å². The summed E-state index contributed by atoms with van der Waals surface area (Å²) in [5.74, 6) is 1.02. The quantitative estimate of drug-likeness (QED) is 0.756. The van der Waals surface area contributed by atoms with E-state index in [2.05, 4.69) is 42.7 Å². The van der Waals surface area contributed by atoms with Gasteiger partial charge in [0.2, 0.25) is 0 Å². The summed E-state index contributed by atoms with van der Waals surface area (Å²) in [7, 11) is 2.12. The molecule has 1 saturated carbocycles. The Bertz CT molecular complexity index is 327. The van der Waals surface area contributed by atoms with Gasteiger partial charge in [-0.3, -0.25) is 0 Å². The van der Waals surface area contributed by atoms with E-state index in [-0.39, 0.29) is 0 Å². The first-order chi connectivity index (χ1) is 9.38. The van der Waals surface area contributed by atoms with Crippen molar-refractivity contribution in [2.45, 2.75) is 63.8 Å². The highest BCUT2D eigenvalue weighted by molar-refractivity contribution is 5.14. The van der Waals surface area contributed by atoms with Crippen LogP contribution < -0.4 is 5.32 Å². The molecule has 0 saturated heterocycles. The lowest BCUT2D eigenvalue weighted by atomic mass is 9.84. The molecule has 1 heteroatoms. The molecule has 0 aliphatic heterocycles. The lowest BCUT2D eigenvalue weighted by Crippen LogP contribution is -2.26. The van der Waals surface area contributed by atoms with E-state index in [1.807, 2.05) is 0 Å². The SMILES string of the molecule is CNC(CCc1ccccc1)CCC1CCCCC1. The Morgan fingerprint density at radius 1 is 1.05 bits per heavy atom. The maximum atomic E-state index is 3.51. The summed E-state index contributed by atoms with van der Waals surface area (Å²) in [5, 5.41) is 3.51. The third-order valence-electron chi connectivity index (χ3n) is 4.68. The van der Waals surface area contributed by atoms with Crippen molar-refractivity contribution >= 4 is 0 Å². The van der Waals surface area contributed by atoms with Crippen LogP contribution >= 0.6 is 0 Å². The van der Waals surface area contributed by atoms with Gasteiger partial charge in [0, 0.05) is 6.04 Å². The van der Waals surface area contributed by atoms with Gasteiger partial charge >= 0.3 is 0 Å². The summed E-state index contributed by atoms with van der Waals surface area (Å²) >= 11 is 0. The second kappa shape index (κ2) is 8.37. The van der Waals surface area contributed by atoms with E-state index in [1.54, 1.807) is 0 Å². The Morgan fingerprint density at radius 2 is 1.79 bits per heavy atom. The number of rotatable bonds is 7. The molecule has 1 atom stereocenters. The molecule has 0 bridgehead atoms. The van der Waals surface area contributed by atoms with E-state index in [0.717, 1.165) is 5.92 Å². The van der Waals surface area contributed by atoms with Gasteiger partial charge in [0.25, 0.3) is 0 Å². The van der Waals surface area contributed by atoms with E-state index in [4.69, 9.17) is 0 Å². The molecule has 106 valence electrons. The number of benzene rings is 1. The monoisotopic (exact) mass is 259 g/mol. The molecule has 1 aliphatic carbocycles. The summed E-state index contributed by atoms with van der Waals surface area (Å²) in [6, 6.07) is 11.6. The zero-order chi connectivity index (χ0) is 13.3. The first kappa shape index (κ1) is 14.6. The minimum absolute atomic E-state index is 0.696. The molecule has 0 aromatic heterocycles. The van der Waals surface area contributed by atoms with E-state index >= 15 is 0 Å². The summed E-state index contributed by atoms with van der Waals surface area (Å²) in [6.07, 6.45) is 12.6. The zero-order valence-electron chi connectivity index (χ0n) is 12.4. The average molecular weight is 259 g/mol. The lowest BCUT2D eigenvalue weighted by Gasteiger charge is -2.24. The van der Waals surface area contributed by atoms with Gasteiger partial charge in [0.1, 0.15) is 0 Å². The molecule has 1 aliphatic rings. The molecule has 1 unspecified atom stereocenters. The predicted molar refractivity (Wildman–Crippen MR) is 83.4 cm³/mol.